The lowest BCUT2D eigenvalue weighted by molar-refractivity contribution is 0.544. The summed E-state index contributed by atoms with van der Waals surface area (Å²) < 4.78 is 38.0. The van der Waals surface area contributed by atoms with Crippen LogP contribution < -0.4 is 0 Å². The summed E-state index contributed by atoms with van der Waals surface area (Å²) in [7, 11) is -3.78. The molecule has 1 aromatic heterocycles. The second-order valence-corrected chi connectivity index (χ2v) is 8.26. The molecule has 0 amide bonds. The van der Waals surface area contributed by atoms with Gasteiger partial charge in [-0.1, -0.05) is 11.6 Å². The van der Waals surface area contributed by atoms with Crippen molar-refractivity contribution in [2.45, 2.75) is 30.4 Å². The van der Waals surface area contributed by atoms with Crippen molar-refractivity contribution in [2.24, 2.45) is 0 Å². The van der Waals surface area contributed by atoms with Crippen LogP contribution in [0, 0.1) is 5.82 Å². The molecule has 0 saturated heterocycles. The number of pyridine rings is 1. The number of hydrogen-bond acceptors (Lipinski definition) is 3. The summed E-state index contributed by atoms with van der Waals surface area (Å²) in [6.07, 6.45) is 1.45. The van der Waals surface area contributed by atoms with E-state index in [9.17, 15) is 12.8 Å². The lowest BCUT2D eigenvalue weighted by Gasteiger charge is -2.20. The van der Waals surface area contributed by atoms with Crippen LogP contribution in [0.15, 0.2) is 29.3 Å². The highest BCUT2D eigenvalue weighted by molar-refractivity contribution is 7.92. The van der Waals surface area contributed by atoms with Crippen molar-refractivity contribution in [3.8, 4) is 0 Å². The topological polar surface area (TPSA) is 47.0 Å². The lowest BCUT2D eigenvalue weighted by atomic mass is 10.2. The summed E-state index contributed by atoms with van der Waals surface area (Å²) in [4.78, 5) is 3.62. The molecule has 2 rings (SSSR count). The van der Waals surface area contributed by atoms with Crippen molar-refractivity contribution < 1.29 is 12.8 Å². The van der Waals surface area contributed by atoms with Gasteiger partial charge in [-0.3, -0.25) is 4.98 Å². The monoisotopic (exact) mass is 301 g/mol. The Labute approximate surface area is 116 Å². The Morgan fingerprint density at radius 1 is 1.21 bits per heavy atom. The minimum atomic E-state index is -3.78. The Morgan fingerprint density at radius 3 is 2.42 bits per heavy atom. The molecule has 102 valence electrons. The van der Waals surface area contributed by atoms with E-state index in [4.69, 9.17) is 11.6 Å². The molecule has 0 bridgehead atoms. The van der Waals surface area contributed by atoms with Gasteiger partial charge in [0.1, 0.15) is 4.90 Å². The Hall–Kier alpha value is -1.20. The number of rotatable bonds is 1. The predicted octanol–water partition coefficient (Wildman–Crippen LogP) is 3.60. The molecule has 0 aliphatic rings. The average Bonchev–Trinajstić information content (AvgIpc) is 2.27. The van der Waals surface area contributed by atoms with Gasteiger partial charge in [0, 0.05) is 6.20 Å². The molecule has 6 heteroatoms. The standard InChI is InChI=1S/C13H13ClFNO2S/c1-13(2,3)19(17,18)10-5-4-9-11(12(10)15)8(14)6-7-16-9/h4-7H,1-3H3. The van der Waals surface area contributed by atoms with Gasteiger partial charge in [-0.25, -0.2) is 12.8 Å². The van der Waals surface area contributed by atoms with E-state index in [1.165, 1.54) is 45.2 Å². The van der Waals surface area contributed by atoms with E-state index in [2.05, 4.69) is 4.98 Å². The predicted molar refractivity (Wildman–Crippen MR) is 73.6 cm³/mol. The van der Waals surface area contributed by atoms with E-state index < -0.39 is 20.4 Å². The number of sulfone groups is 1. The lowest BCUT2D eigenvalue weighted by Crippen LogP contribution is -2.28. The number of fused-ring (bicyclic) bond motifs is 1. The summed E-state index contributed by atoms with van der Waals surface area (Å²) in [5.41, 5.74) is 0.331. The summed E-state index contributed by atoms with van der Waals surface area (Å²) in [5.74, 6) is -0.842. The first-order chi connectivity index (χ1) is 8.66. The number of hydrogen-bond donors (Lipinski definition) is 0. The Bertz CT molecular complexity index is 751. The van der Waals surface area contributed by atoms with Gasteiger partial charge >= 0.3 is 0 Å². The van der Waals surface area contributed by atoms with Gasteiger partial charge in [0.15, 0.2) is 15.7 Å². The molecule has 0 saturated carbocycles. The first kappa shape index (κ1) is 14.2. The van der Waals surface area contributed by atoms with Crippen molar-refractivity contribution in [1.29, 1.82) is 0 Å². The van der Waals surface area contributed by atoms with E-state index in [1.54, 1.807) is 0 Å². The zero-order chi connectivity index (χ0) is 14.4. The molecule has 0 aliphatic heterocycles. The van der Waals surface area contributed by atoms with Crippen molar-refractivity contribution in [3.05, 3.63) is 35.2 Å². The molecular weight excluding hydrogens is 289 g/mol. The molecule has 0 N–H and O–H groups in total. The van der Waals surface area contributed by atoms with Crippen LogP contribution in [0.4, 0.5) is 4.39 Å². The van der Waals surface area contributed by atoms with Crippen LogP contribution in [0.1, 0.15) is 20.8 Å². The van der Waals surface area contributed by atoms with E-state index in [-0.39, 0.29) is 15.3 Å². The van der Waals surface area contributed by atoms with Crippen molar-refractivity contribution >= 4 is 32.3 Å². The van der Waals surface area contributed by atoms with E-state index in [1.807, 2.05) is 0 Å². The molecule has 0 atom stereocenters. The van der Waals surface area contributed by atoms with Crippen molar-refractivity contribution in [2.75, 3.05) is 0 Å². The van der Waals surface area contributed by atoms with Gasteiger partial charge in [0.05, 0.1) is 20.7 Å². The normalized spacial score (nSPS) is 12.9. The summed E-state index contributed by atoms with van der Waals surface area (Å²) in [5, 5.41) is 0.183. The van der Waals surface area contributed by atoms with Crippen LogP contribution in [0.2, 0.25) is 5.02 Å². The smallest absolute Gasteiger partial charge is 0.186 e. The maximum absolute atomic E-state index is 14.5. The first-order valence-corrected chi connectivity index (χ1v) is 7.50. The van der Waals surface area contributed by atoms with Crippen LogP contribution in [0.5, 0.6) is 0 Å². The molecule has 2 aromatic rings. The van der Waals surface area contributed by atoms with Crippen LogP contribution in [-0.4, -0.2) is 18.1 Å². The third-order valence-corrected chi connectivity index (χ3v) is 5.68. The van der Waals surface area contributed by atoms with E-state index in [0.717, 1.165) is 0 Å². The summed E-state index contributed by atoms with van der Waals surface area (Å²) in [6.45, 7) is 4.57. The Morgan fingerprint density at radius 2 is 1.84 bits per heavy atom. The molecule has 0 fully saturated rings. The zero-order valence-electron chi connectivity index (χ0n) is 10.7. The van der Waals surface area contributed by atoms with E-state index in [0.29, 0.717) is 5.52 Å². The molecule has 0 aliphatic carbocycles. The van der Waals surface area contributed by atoms with Gasteiger partial charge in [-0.05, 0) is 39.0 Å². The largest absolute Gasteiger partial charge is 0.256 e. The number of halogens is 2. The average molecular weight is 302 g/mol. The third kappa shape index (κ3) is 2.21. The second kappa shape index (κ2) is 4.42. The maximum Gasteiger partial charge on any atom is 0.186 e. The van der Waals surface area contributed by atoms with Crippen LogP contribution >= 0.6 is 11.6 Å². The minimum Gasteiger partial charge on any atom is -0.256 e. The molecule has 1 heterocycles. The molecule has 0 unspecified atom stereocenters. The molecule has 3 nitrogen and oxygen atoms in total. The maximum atomic E-state index is 14.5. The number of benzene rings is 1. The fraction of sp³-hybridized carbons (Fsp3) is 0.308. The van der Waals surface area contributed by atoms with Crippen LogP contribution in [0.25, 0.3) is 10.9 Å². The SMILES string of the molecule is CC(C)(C)S(=O)(=O)c1ccc2nccc(Cl)c2c1F. The molecule has 19 heavy (non-hydrogen) atoms. The Balaban J connectivity index is 2.86. The van der Waals surface area contributed by atoms with Gasteiger partial charge < -0.3 is 0 Å². The third-order valence-electron chi connectivity index (χ3n) is 2.85. The summed E-state index contributed by atoms with van der Waals surface area (Å²) in [6, 6.07) is 4.13. The molecule has 0 radical (unpaired) electrons. The van der Waals surface area contributed by atoms with Gasteiger partial charge in [0.25, 0.3) is 0 Å². The second-order valence-electron chi connectivity index (χ2n) is 5.18. The highest BCUT2D eigenvalue weighted by Crippen LogP contribution is 2.33. The van der Waals surface area contributed by atoms with Crippen LogP contribution in [-0.2, 0) is 9.84 Å². The first-order valence-electron chi connectivity index (χ1n) is 5.63. The molecule has 0 spiro atoms. The fourth-order valence-corrected chi connectivity index (χ4v) is 3.17. The quantitative estimate of drug-likeness (QED) is 0.808. The Kier molecular flexibility index (Phi) is 3.31. The van der Waals surface area contributed by atoms with Gasteiger partial charge in [-0.15, -0.1) is 0 Å². The van der Waals surface area contributed by atoms with Gasteiger partial charge in [0.2, 0.25) is 0 Å². The van der Waals surface area contributed by atoms with Crippen LogP contribution in [0.3, 0.4) is 0 Å². The number of nitrogens with zero attached hydrogens (tertiary/aromatic N) is 1. The minimum absolute atomic E-state index is 0.0366. The highest BCUT2D eigenvalue weighted by atomic mass is 35.5. The number of aromatic nitrogens is 1. The zero-order valence-corrected chi connectivity index (χ0v) is 12.3. The van der Waals surface area contributed by atoms with Gasteiger partial charge in [-0.2, -0.15) is 0 Å². The molecule has 1 aromatic carbocycles. The summed E-state index contributed by atoms with van der Waals surface area (Å²) >= 11 is 5.92. The highest BCUT2D eigenvalue weighted by Gasteiger charge is 2.34. The van der Waals surface area contributed by atoms with Crippen molar-refractivity contribution in [1.82, 2.24) is 4.98 Å². The fourth-order valence-electron chi connectivity index (χ4n) is 1.69. The van der Waals surface area contributed by atoms with E-state index >= 15 is 0 Å². The van der Waals surface area contributed by atoms with Crippen molar-refractivity contribution in [3.63, 3.8) is 0 Å². The molecular formula is C13H13ClFNO2S.